The third-order valence-electron chi connectivity index (χ3n) is 3.40. The summed E-state index contributed by atoms with van der Waals surface area (Å²) in [4.78, 5) is 0. The van der Waals surface area contributed by atoms with E-state index in [1.807, 2.05) is 23.9 Å². The molecule has 0 amide bonds. The fraction of sp³-hybridized carbons (Fsp3) is 0.571. The van der Waals surface area contributed by atoms with E-state index in [1.54, 1.807) is 0 Å². The first-order valence-corrected chi connectivity index (χ1v) is 8.33. The molecule has 4 heteroatoms. The molecule has 1 N–H and O–H groups in total. The second-order valence-electron chi connectivity index (χ2n) is 4.65. The molecule has 2 atom stereocenters. The van der Waals surface area contributed by atoms with Gasteiger partial charge in [-0.1, -0.05) is 35.3 Å². The van der Waals surface area contributed by atoms with Crippen LogP contribution in [0.3, 0.4) is 0 Å². The Morgan fingerprint density at radius 2 is 2.28 bits per heavy atom. The standard InChI is InChI=1S/C14H19BrFNS/c1-2-18-14-5-3-4-13(14)17-9-10-6-7-11(15)8-12(10)16/h6-8,13-14,17H,2-5,9H2,1H3. The van der Waals surface area contributed by atoms with Gasteiger partial charge in [0.25, 0.3) is 0 Å². The maximum absolute atomic E-state index is 13.7. The average Bonchev–Trinajstić information content (AvgIpc) is 2.76. The highest BCUT2D eigenvalue weighted by Crippen LogP contribution is 2.30. The normalized spacial score (nSPS) is 23.5. The van der Waals surface area contributed by atoms with Crippen LogP contribution in [0.5, 0.6) is 0 Å². The summed E-state index contributed by atoms with van der Waals surface area (Å²) in [6.45, 7) is 2.83. The van der Waals surface area contributed by atoms with Crippen LogP contribution >= 0.6 is 27.7 Å². The molecule has 1 aliphatic carbocycles. The first-order chi connectivity index (χ1) is 8.70. The highest BCUT2D eigenvalue weighted by molar-refractivity contribution is 9.10. The van der Waals surface area contributed by atoms with Crippen LogP contribution in [0, 0.1) is 5.82 Å². The summed E-state index contributed by atoms with van der Waals surface area (Å²) in [6, 6.07) is 5.82. The first-order valence-electron chi connectivity index (χ1n) is 6.49. The van der Waals surface area contributed by atoms with E-state index in [4.69, 9.17) is 0 Å². The summed E-state index contributed by atoms with van der Waals surface area (Å²) >= 11 is 5.31. The molecule has 1 nitrogen and oxygen atoms in total. The fourth-order valence-corrected chi connectivity index (χ4v) is 4.04. The molecule has 18 heavy (non-hydrogen) atoms. The average molecular weight is 332 g/mol. The van der Waals surface area contributed by atoms with Crippen LogP contribution in [-0.2, 0) is 6.54 Å². The van der Waals surface area contributed by atoms with Gasteiger partial charge in [0.05, 0.1) is 0 Å². The molecule has 0 radical (unpaired) electrons. The molecule has 0 aromatic heterocycles. The van der Waals surface area contributed by atoms with E-state index < -0.39 is 0 Å². The Morgan fingerprint density at radius 3 is 3.00 bits per heavy atom. The van der Waals surface area contributed by atoms with Crippen molar-refractivity contribution in [3.8, 4) is 0 Å². The van der Waals surface area contributed by atoms with Crippen molar-refractivity contribution >= 4 is 27.7 Å². The van der Waals surface area contributed by atoms with Crippen molar-refractivity contribution in [1.82, 2.24) is 5.32 Å². The van der Waals surface area contributed by atoms with Crippen LogP contribution in [0.1, 0.15) is 31.7 Å². The lowest BCUT2D eigenvalue weighted by Gasteiger charge is -2.20. The molecule has 1 saturated carbocycles. The second kappa shape index (κ2) is 6.92. The van der Waals surface area contributed by atoms with E-state index in [0.717, 1.165) is 15.8 Å². The van der Waals surface area contributed by atoms with Gasteiger partial charge < -0.3 is 5.32 Å². The van der Waals surface area contributed by atoms with Gasteiger partial charge >= 0.3 is 0 Å². The Labute approximate surface area is 121 Å². The molecule has 0 spiro atoms. The minimum Gasteiger partial charge on any atom is -0.309 e. The molecule has 0 bridgehead atoms. The Morgan fingerprint density at radius 1 is 1.44 bits per heavy atom. The highest BCUT2D eigenvalue weighted by atomic mass is 79.9. The number of hydrogen-bond donors (Lipinski definition) is 1. The number of benzene rings is 1. The molecule has 0 saturated heterocycles. The molecule has 2 rings (SSSR count). The van der Waals surface area contributed by atoms with E-state index in [0.29, 0.717) is 17.8 Å². The smallest absolute Gasteiger partial charge is 0.128 e. The zero-order chi connectivity index (χ0) is 13.0. The van der Waals surface area contributed by atoms with Crippen molar-refractivity contribution in [3.63, 3.8) is 0 Å². The van der Waals surface area contributed by atoms with Crippen molar-refractivity contribution in [2.45, 2.75) is 44.0 Å². The van der Waals surface area contributed by atoms with Gasteiger partial charge in [-0.25, -0.2) is 4.39 Å². The van der Waals surface area contributed by atoms with Gasteiger partial charge in [0.1, 0.15) is 5.82 Å². The van der Waals surface area contributed by atoms with Gasteiger partial charge in [-0.15, -0.1) is 0 Å². The molecule has 1 aliphatic rings. The number of halogens is 2. The van der Waals surface area contributed by atoms with Gasteiger partial charge in [-0.2, -0.15) is 11.8 Å². The Balaban J connectivity index is 1.90. The number of rotatable bonds is 5. The third-order valence-corrected chi connectivity index (χ3v) is 5.22. The maximum Gasteiger partial charge on any atom is 0.128 e. The summed E-state index contributed by atoms with van der Waals surface area (Å²) in [7, 11) is 0. The van der Waals surface area contributed by atoms with Crippen LogP contribution in [-0.4, -0.2) is 17.0 Å². The predicted molar refractivity (Wildman–Crippen MR) is 80.5 cm³/mol. The van der Waals surface area contributed by atoms with Gasteiger partial charge in [0.2, 0.25) is 0 Å². The fourth-order valence-electron chi connectivity index (χ4n) is 2.48. The molecule has 0 aliphatic heterocycles. The van der Waals surface area contributed by atoms with E-state index >= 15 is 0 Å². The number of nitrogens with one attached hydrogen (secondary N) is 1. The van der Waals surface area contributed by atoms with Crippen molar-refractivity contribution in [3.05, 3.63) is 34.1 Å². The molecule has 2 unspecified atom stereocenters. The molecule has 1 aromatic carbocycles. The van der Waals surface area contributed by atoms with Crippen LogP contribution < -0.4 is 5.32 Å². The number of hydrogen-bond acceptors (Lipinski definition) is 2. The Hall–Kier alpha value is -0.0600. The SMILES string of the molecule is CCSC1CCCC1NCc1ccc(Br)cc1F. The molecular formula is C14H19BrFNS. The predicted octanol–water partition coefficient (Wildman–Crippen LogP) is 4.35. The quantitative estimate of drug-likeness (QED) is 0.860. The van der Waals surface area contributed by atoms with Gasteiger partial charge in [0, 0.05) is 27.9 Å². The lowest BCUT2D eigenvalue weighted by Crippen LogP contribution is -2.33. The van der Waals surface area contributed by atoms with Gasteiger partial charge in [-0.3, -0.25) is 0 Å². The zero-order valence-electron chi connectivity index (χ0n) is 10.6. The zero-order valence-corrected chi connectivity index (χ0v) is 13.0. The van der Waals surface area contributed by atoms with E-state index in [9.17, 15) is 4.39 Å². The van der Waals surface area contributed by atoms with Crippen LogP contribution in [0.25, 0.3) is 0 Å². The number of thioether (sulfide) groups is 1. The monoisotopic (exact) mass is 331 g/mol. The maximum atomic E-state index is 13.7. The lowest BCUT2D eigenvalue weighted by molar-refractivity contribution is 0.515. The summed E-state index contributed by atoms with van der Waals surface area (Å²) < 4.78 is 14.5. The molecule has 1 fully saturated rings. The van der Waals surface area contributed by atoms with Crippen molar-refractivity contribution in [2.75, 3.05) is 5.75 Å². The van der Waals surface area contributed by atoms with Crippen molar-refractivity contribution in [1.29, 1.82) is 0 Å². The molecule has 100 valence electrons. The Bertz CT molecular complexity index is 399. The van der Waals surface area contributed by atoms with Crippen LogP contribution in [0.4, 0.5) is 4.39 Å². The lowest BCUT2D eigenvalue weighted by atomic mass is 10.2. The highest BCUT2D eigenvalue weighted by Gasteiger charge is 2.26. The van der Waals surface area contributed by atoms with Crippen LogP contribution in [0.15, 0.2) is 22.7 Å². The van der Waals surface area contributed by atoms with E-state index in [-0.39, 0.29) is 5.82 Å². The van der Waals surface area contributed by atoms with Gasteiger partial charge in [-0.05, 0) is 30.7 Å². The van der Waals surface area contributed by atoms with Crippen LogP contribution in [0.2, 0.25) is 0 Å². The topological polar surface area (TPSA) is 12.0 Å². The molecular weight excluding hydrogens is 313 g/mol. The largest absolute Gasteiger partial charge is 0.309 e. The van der Waals surface area contributed by atoms with Crippen molar-refractivity contribution < 1.29 is 4.39 Å². The minimum absolute atomic E-state index is 0.130. The van der Waals surface area contributed by atoms with E-state index in [2.05, 4.69) is 28.2 Å². The van der Waals surface area contributed by atoms with Crippen molar-refractivity contribution in [2.24, 2.45) is 0 Å². The second-order valence-corrected chi connectivity index (χ2v) is 7.08. The van der Waals surface area contributed by atoms with Gasteiger partial charge in [0.15, 0.2) is 0 Å². The first kappa shape index (κ1) is 14.4. The van der Waals surface area contributed by atoms with E-state index in [1.165, 1.54) is 25.3 Å². The summed E-state index contributed by atoms with van der Waals surface area (Å²) in [5.74, 6) is 1.03. The summed E-state index contributed by atoms with van der Waals surface area (Å²) in [5.41, 5.74) is 0.755. The summed E-state index contributed by atoms with van der Waals surface area (Å²) in [5, 5.41) is 4.22. The minimum atomic E-state index is -0.130. The summed E-state index contributed by atoms with van der Waals surface area (Å²) in [6.07, 6.45) is 3.80. The third kappa shape index (κ3) is 3.72. The Kier molecular flexibility index (Phi) is 5.52. The molecule has 0 heterocycles. The molecule has 1 aromatic rings.